The first-order chi connectivity index (χ1) is 12.8. The maximum atomic E-state index is 12.4. The first-order valence-electron chi connectivity index (χ1n) is 8.08. The molecule has 0 aromatic heterocycles. The molecule has 0 atom stereocenters. The fourth-order valence-electron chi connectivity index (χ4n) is 2.38. The van der Waals surface area contributed by atoms with Crippen molar-refractivity contribution < 1.29 is 32.2 Å². The number of esters is 1. The summed E-state index contributed by atoms with van der Waals surface area (Å²) in [6.45, 7) is 0.930. The summed E-state index contributed by atoms with van der Waals surface area (Å²) in [6.07, 6.45) is 0. The standard InChI is InChI=1S/C19H20O7S/c1-4-27(22,23)18-8-6-5-7-15(18)19(21)26-12-16(20)14-10-9-13(24-2)11-17(14)25-3/h5-11H,4,12H2,1-3H3. The Morgan fingerprint density at radius 1 is 0.963 bits per heavy atom. The molecule has 0 radical (unpaired) electrons. The summed E-state index contributed by atoms with van der Waals surface area (Å²) in [4.78, 5) is 24.6. The summed E-state index contributed by atoms with van der Waals surface area (Å²) < 4.78 is 39.5. The summed E-state index contributed by atoms with van der Waals surface area (Å²) in [7, 11) is -0.710. The Kier molecular flexibility index (Phi) is 6.57. The van der Waals surface area contributed by atoms with Crippen molar-refractivity contribution in [3.8, 4) is 11.5 Å². The molecule has 2 aromatic rings. The van der Waals surface area contributed by atoms with Gasteiger partial charge in [-0.15, -0.1) is 0 Å². The van der Waals surface area contributed by atoms with Crippen LogP contribution < -0.4 is 9.47 Å². The highest BCUT2D eigenvalue weighted by Crippen LogP contribution is 2.25. The van der Waals surface area contributed by atoms with Gasteiger partial charge in [-0.25, -0.2) is 13.2 Å². The molecule has 2 aromatic carbocycles. The van der Waals surface area contributed by atoms with E-state index in [0.29, 0.717) is 5.75 Å². The van der Waals surface area contributed by atoms with Crippen molar-refractivity contribution in [2.45, 2.75) is 11.8 Å². The number of Topliss-reactive ketones (excluding diaryl/α,β-unsaturated/α-hetero) is 1. The molecule has 27 heavy (non-hydrogen) atoms. The molecule has 0 spiro atoms. The average molecular weight is 392 g/mol. The number of ether oxygens (including phenoxy) is 3. The van der Waals surface area contributed by atoms with Crippen LogP contribution in [0.3, 0.4) is 0 Å². The van der Waals surface area contributed by atoms with Crippen molar-refractivity contribution in [1.82, 2.24) is 0 Å². The van der Waals surface area contributed by atoms with Crippen LogP contribution in [-0.2, 0) is 14.6 Å². The summed E-state index contributed by atoms with van der Waals surface area (Å²) in [6, 6.07) is 10.4. The van der Waals surface area contributed by atoms with E-state index >= 15 is 0 Å². The molecule has 0 aliphatic carbocycles. The molecular weight excluding hydrogens is 372 g/mol. The van der Waals surface area contributed by atoms with Gasteiger partial charge in [-0.2, -0.15) is 0 Å². The predicted octanol–water partition coefficient (Wildman–Crippen LogP) is 2.54. The van der Waals surface area contributed by atoms with Crippen LogP contribution >= 0.6 is 0 Å². The third-order valence-corrected chi connectivity index (χ3v) is 5.65. The van der Waals surface area contributed by atoms with Crippen molar-refractivity contribution in [3.63, 3.8) is 0 Å². The van der Waals surface area contributed by atoms with Gasteiger partial charge < -0.3 is 14.2 Å². The summed E-state index contributed by atoms with van der Waals surface area (Å²) >= 11 is 0. The number of ketones is 1. The average Bonchev–Trinajstić information content (AvgIpc) is 2.71. The van der Waals surface area contributed by atoms with Gasteiger partial charge in [-0.05, 0) is 24.3 Å². The minimum absolute atomic E-state index is 0.103. The molecule has 0 fully saturated rings. The van der Waals surface area contributed by atoms with Gasteiger partial charge in [0.05, 0.1) is 36.0 Å². The normalized spacial score (nSPS) is 10.9. The summed E-state index contributed by atoms with van der Waals surface area (Å²) in [5, 5.41) is 0. The lowest BCUT2D eigenvalue weighted by Gasteiger charge is -2.11. The van der Waals surface area contributed by atoms with Crippen LogP contribution in [0, 0.1) is 0 Å². The Morgan fingerprint density at radius 2 is 1.67 bits per heavy atom. The lowest BCUT2D eigenvalue weighted by atomic mass is 10.1. The van der Waals surface area contributed by atoms with Gasteiger partial charge in [-0.1, -0.05) is 19.1 Å². The molecule has 0 bridgehead atoms. The lowest BCUT2D eigenvalue weighted by molar-refractivity contribution is 0.0470. The van der Waals surface area contributed by atoms with Crippen LogP contribution in [0.1, 0.15) is 27.6 Å². The molecule has 0 unspecified atom stereocenters. The highest BCUT2D eigenvalue weighted by Gasteiger charge is 2.23. The third-order valence-electron chi connectivity index (χ3n) is 3.87. The van der Waals surface area contributed by atoms with Gasteiger partial charge in [0.1, 0.15) is 11.5 Å². The number of rotatable bonds is 8. The number of benzene rings is 2. The first-order valence-corrected chi connectivity index (χ1v) is 9.73. The predicted molar refractivity (Wildman–Crippen MR) is 98.3 cm³/mol. The van der Waals surface area contributed by atoms with E-state index in [9.17, 15) is 18.0 Å². The van der Waals surface area contributed by atoms with Gasteiger partial charge in [0.25, 0.3) is 0 Å². The van der Waals surface area contributed by atoms with E-state index < -0.39 is 28.2 Å². The van der Waals surface area contributed by atoms with Gasteiger partial charge in [-0.3, -0.25) is 4.79 Å². The molecule has 0 N–H and O–H groups in total. The van der Waals surface area contributed by atoms with Crippen LogP contribution in [0.2, 0.25) is 0 Å². The van der Waals surface area contributed by atoms with E-state index in [0.717, 1.165) is 0 Å². The Balaban J connectivity index is 2.19. The van der Waals surface area contributed by atoms with E-state index in [1.807, 2.05) is 0 Å². The summed E-state index contributed by atoms with van der Waals surface area (Å²) in [5.74, 6) is -0.732. The van der Waals surface area contributed by atoms with Crippen LogP contribution in [0.15, 0.2) is 47.4 Å². The van der Waals surface area contributed by atoms with Gasteiger partial charge >= 0.3 is 5.97 Å². The Morgan fingerprint density at radius 3 is 2.30 bits per heavy atom. The molecule has 0 aliphatic rings. The van der Waals surface area contributed by atoms with Gasteiger partial charge in [0.15, 0.2) is 16.4 Å². The fourth-order valence-corrected chi connectivity index (χ4v) is 3.46. The zero-order chi connectivity index (χ0) is 20.0. The lowest BCUT2D eigenvalue weighted by Crippen LogP contribution is -2.17. The second kappa shape index (κ2) is 8.68. The largest absolute Gasteiger partial charge is 0.497 e. The maximum Gasteiger partial charge on any atom is 0.339 e. The van der Waals surface area contributed by atoms with E-state index in [1.54, 1.807) is 6.07 Å². The maximum absolute atomic E-state index is 12.4. The van der Waals surface area contributed by atoms with E-state index in [-0.39, 0.29) is 27.5 Å². The second-order valence-corrected chi connectivity index (χ2v) is 7.71. The van der Waals surface area contributed by atoms with Crippen molar-refractivity contribution in [1.29, 1.82) is 0 Å². The molecule has 144 valence electrons. The quantitative estimate of drug-likeness (QED) is 0.503. The monoisotopic (exact) mass is 392 g/mol. The van der Waals surface area contributed by atoms with E-state index in [2.05, 4.69) is 0 Å². The molecule has 8 heteroatoms. The van der Waals surface area contributed by atoms with Crippen molar-refractivity contribution in [2.75, 3.05) is 26.6 Å². The van der Waals surface area contributed by atoms with Crippen molar-refractivity contribution in [3.05, 3.63) is 53.6 Å². The first kappa shape index (κ1) is 20.4. The van der Waals surface area contributed by atoms with Crippen LogP contribution in [0.4, 0.5) is 0 Å². The smallest absolute Gasteiger partial charge is 0.339 e. The van der Waals surface area contributed by atoms with Gasteiger partial charge in [0, 0.05) is 6.07 Å². The minimum Gasteiger partial charge on any atom is -0.497 e. The number of hydrogen-bond acceptors (Lipinski definition) is 7. The summed E-state index contributed by atoms with van der Waals surface area (Å²) in [5.41, 5.74) is 0.120. The molecular formula is C19H20O7S. The molecule has 0 saturated carbocycles. The molecule has 0 aliphatic heterocycles. The number of carbonyl (C=O) groups excluding carboxylic acids is 2. The third kappa shape index (κ3) is 4.65. The Hall–Kier alpha value is -2.87. The molecule has 2 rings (SSSR count). The van der Waals surface area contributed by atoms with Crippen molar-refractivity contribution >= 4 is 21.6 Å². The van der Waals surface area contributed by atoms with Crippen LogP contribution in [0.25, 0.3) is 0 Å². The number of hydrogen-bond donors (Lipinski definition) is 0. The van der Waals surface area contributed by atoms with E-state index in [1.165, 1.54) is 57.5 Å². The number of methoxy groups -OCH3 is 2. The Bertz CT molecular complexity index is 948. The zero-order valence-corrected chi connectivity index (χ0v) is 16.0. The SMILES string of the molecule is CCS(=O)(=O)c1ccccc1C(=O)OCC(=O)c1ccc(OC)cc1OC. The molecule has 0 heterocycles. The van der Waals surface area contributed by atoms with Crippen molar-refractivity contribution in [2.24, 2.45) is 0 Å². The van der Waals surface area contributed by atoms with Crippen LogP contribution in [0.5, 0.6) is 11.5 Å². The number of sulfone groups is 1. The Labute approximate surface area is 157 Å². The minimum atomic E-state index is -3.60. The van der Waals surface area contributed by atoms with Crippen LogP contribution in [-0.4, -0.2) is 46.7 Å². The fraction of sp³-hybridized carbons (Fsp3) is 0.263. The molecule has 7 nitrogen and oxygen atoms in total. The van der Waals surface area contributed by atoms with E-state index in [4.69, 9.17) is 14.2 Å². The molecule has 0 saturated heterocycles. The van der Waals surface area contributed by atoms with Gasteiger partial charge in [0.2, 0.25) is 5.78 Å². The highest BCUT2D eigenvalue weighted by molar-refractivity contribution is 7.91. The zero-order valence-electron chi connectivity index (χ0n) is 15.2. The molecule has 0 amide bonds. The number of carbonyl (C=O) groups is 2. The topological polar surface area (TPSA) is 96.0 Å². The second-order valence-electron chi connectivity index (χ2n) is 5.47. The highest BCUT2D eigenvalue weighted by atomic mass is 32.2.